The summed E-state index contributed by atoms with van der Waals surface area (Å²) in [4.78, 5) is 56.2. The highest BCUT2D eigenvalue weighted by Crippen LogP contribution is 2.41. The van der Waals surface area contributed by atoms with E-state index in [0.29, 0.717) is 13.1 Å². The van der Waals surface area contributed by atoms with Gasteiger partial charge in [-0.1, -0.05) is 60.7 Å². The fourth-order valence-electron chi connectivity index (χ4n) is 7.03. The Morgan fingerprint density at radius 3 is 2.17 bits per heavy atom. The number of nitrogens with one attached hydrogen (secondary N) is 1. The van der Waals surface area contributed by atoms with Gasteiger partial charge in [-0.05, 0) is 36.1 Å². The van der Waals surface area contributed by atoms with Gasteiger partial charge < -0.3 is 9.80 Å². The van der Waals surface area contributed by atoms with Gasteiger partial charge in [-0.2, -0.15) is 0 Å². The molecule has 7 rings (SSSR count). The number of imide groups is 1. The van der Waals surface area contributed by atoms with Crippen LogP contribution >= 0.6 is 0 Å². The zero-order chi connectivity index (χ0) is 28.2. The number of fused-ring (bicyclic) bond motifs is 3. The second-order valence-corrected chi connectivity index (χ2v) is 11.3. The van der Waals surface area contributed by atoms with E-state index in [4.69, 9.17) is 0 Å². The first-order valence-electron chi connectivity index (χ1n) is 14.0. The SMILES string of the molecule is O=C1CCC(N2Cc3c(ccc(C(=O)N4C[C@H]5C[C@@H]4CN5C(c4ccccc4)c4ccccc4)c3F)C2=O)C(=O)N1. The third-order valence-electron chi connectivity index (χ3n) is 8.99. The number of carbonyl (C=O) groups excluding carboxylic acids is 4. The van der Waals surface area contributed by atoms with E-state index in [-0.39, 0.29) is 66.0 Å². The first-order chi connectivity index (χ1) is 19.9. The summed E-state index contributed by atoms with van der Waals surface area (Å²) in [5.41, 5.74) is 2.62. The van der Waals surface area contributed by atoms with Gasteiger partial charge in [-0.25, -0.2) is 4.39 Å². The fraction of sp³-hybridized carbons (Fsp3) is 0.312. The van der Waals surface area contributed by atoms with Crippen LogP contribution in [-0.2, 0) is 16.1 Å². The molecule has 3 fully saturated rings. The molecule has 4 heterocycles. The summed E-state index contributed by atoms with van der Waals surface area (Å²) < 4.78 is 15.8. The first kappa shape index (κ1) is 25.6. The summed E-state index contributed by atoms with van der Waals surface area (Å²) in [6, 6.07) is 22.9. The monoisotopic (exact) mass is 552 g/mol. The summed E-state index contributed by atoms with van der Waals surface area (Å²) in [5, 5.41) is 2.25. The predicted molar refractivity (Wildman–Crippen MR) is 147 cm³/mol. The number of benzene rings is 3. The van der Waals surface area contributed by atoms with Crippen molar-refractivity contribution < 1.29 is 23.6 Å². The molecule has 41 heavy (non-hydrogen) atoms. The summed E-state index contributed by atoms with van der Waals surface area (Å²) in [6.45, 7) is 1.07. The van der Waals surface area contributed by atoms with Crippen LogP contribution in [0.25, 0.3) is 0 Å². The van der Waals surface area contributed by atoms with Crippen molar-refractivity contribution in [3.05, 3.63) is 106 Å². The van der Waals surface area contributed by atoms with E-state index in [1.807, 2.05) is 36.4 Å². The number of hydrogen-bond donors (Lipinski definition) is 1. The van der Waals surface area contributed by atoms with E-state index in [2.05, 4.69) is 34.5 Å². The van der Waals surface area contributed by atoms with Crippen molar-refractivity contribution in [3.63, 3.8) is 0 Å². The Morgan fingerprint density at radius 2 is 1.56 bits per heavy atom. The van der Waals surface area contributed by atoms with E-state index in [1.54, 1.807) is 4.90 Å². The molecule has 4 amide bonds. The Balaban J connectivity index is 1.11. The molecule has 3 atom stereocenters. The van der Waals surface area contributed by atoms with Crippen LogP contribution < -0.4 is 5.32 Å². The normalized spacial score (nSPS) is 23.9. The number of likely N-dealkylation sites (tertiary alicyclic amines) is 2. The first-order valence-corrected chi connectivity index (χ1v) is 14.0. The molecule has 2 bridgehead atoms. The molecule has 1 N–H and O–H groups in total. The number of nitrogens with zero attached hydrogens (tertiary/aromatic N) is 3. The van der Waals surface area contributed by atoms with Crippen molar-refractivity contribution in [2.75, 3.05) is 13.1 Å². The number of hydrogen-bond acceptors (Lipinski definition) is 5. The third kappa shape index (κ3) is 4.23. The van der Waals surface area contributed by atoms with Gasteiger partial charge in [0.15, 0.2) is 0 Å². The number of amides is 4. The summed E-state index contributed by atoms with van der Waals surface area (Å²) in [7, 11) is 0. The van der Waals surface area contributed by atoms with Crippen LogP contribution in [0.4, 0.5) is 4.39 Å². The number of halogens is 1. The van der Waals surface area contributed by atoms with Crippen LogP contribution in [0.2, 0.25) is 0 Å². The molecule has 4 aliphatic heterocycles. The third-order valence-corrected chi connectivity index (χ3v) is 8.99. The van der Waals surface area contributed by atoms with E-state index < -0.39 is 23.7 Å². The zero-order valence-electron chi connectivity index (χ0n) is 22.3. The van der Waals surface area contributed by atoms with Gasteiger partial charge in [0.1, 0.15) is 11.9 Å². The molecular weight excluding hydrogens is 523 g/mol. The summed E-state index contributed by atoms with van der Waals surface area (Å²) in [6.07, 6.45) is 1.13. The van der Waals surface area contributed by atoms with Crippen LogP contribution in [0.3, 0.4) is 0 Å². The topological polar surface area (TPSA) is 90.0 Å². The molecule has 0 aliphatic carbocycles. The Hall–Kier alpha value is -4.37. The molecule has 8 nitrogen and oxygen atoms in total. The molecule has 3 aromatic carbocycles. The fourth-order valence-corrected chi connectivity index (χ4v) is 7.03. The van der Waals surface area contributed by atoms with E-state index >= 15 is 4.39 Å². The number of rotatable bonds is 5. The van der Waals surface area contributed by atoms with Gasteiger partial charge >= 0.3 is 0 Å². The van der Waals surface area contributed by atoms with Crippen molar-refractivity contribution in [2.45, 2.75) is 50.0 Å². The minimum atomic E-state index is -0.839. The van der Waals surface area contributed by atoms with Crippen molar-refractivity contribution in [3.8, 4) is 0 Å². The Kier molecular flexibility index (Phi) is 6.19. The predicted octanol–water partition coefficient (Wildman–Crippen LogP) is 3.28. The maximum Gasteiger partial charge on any atom is 0.257 e. The molecule has 1 unspecified atom stereocenters. The molecule has 9 heteroatoms. The van der Waals surface area contributed by atoms with Crippen LogP contribution in [0, 0.1) is 5.82 Å². The van der Waals surface area contributed by atoms with Crippen LogP contribution in [0.5, 0.6) is 0 Å². The largest absolute Gasteiger partial charge is 0.333 e. The van der Waals surface area contributed by atoms with Crippen LogP contribution in [0.15, 0.2) is 72.8 Å². The van der Waals surface area contributed by atoms with Crippen molar-refractivity contribution >= 4 is 23.6 Å². The van der Waals surface area contributed by atoms with E-state index in [0.717, 1.165) is 6.42 Å². The quantitative estimate of drug-likeness (QED) is 0.491. The van der Waals surface area contributed by atoms with Gasteiger partial charge in [-0.15, -0.1) is 0 Å². The number of piperazine rings is 1. The Morgan fingerprint density at radius 1 is 0.878 bits per heavy atom. The van der Waals surface area contributed by atoms with Gasteiger partial charge in [0, 0.05) is 42.7 Å². The molecule has 3 aromatic rings. The van der Waals surface area contributed by atoms with Gasteiger partial charge in [0.25, 0.3) is 11.8 Å². The molecular formula is C32H29FN4O4. The molecule has 0 saturated carbocycles. The van der Waals surface area contributed by atoms with Gasteiger partial charge in [0.2, 0.25) is 11.8 Å². The highest BCUT2D eigenvalue weighted by atomic mass is 19.1. The van der Waals surface area contributed by atoms with Gasteiger partial charge in [0.05, 0.1) is 18.2 Å². The molecule has 208 valence electrons. The maximum atomic E-state index is 15.8. The highest BCUT2D eigenvalue weighted by molar-refractivity contribution is 6.06. The summed E-state index contributed by atoms with van der Waals surface area (Å²) >= 11 is 0. The smallest absolute Gasteiger partial charge is 0.257 e. The van der Waals surface area contributed by atoms with Crippen molar-refractivity contribution in [1.29, 1.82) is 0 Å². The standard InChI is InChI=1S/C32H29FN4O4/c33-28-24(12-11-23-25(28)18-37(31(23)40)26-13-14-27(38)34-30(26)39)32(41)36-17-21-15-22(36)16-35(21)29(19-7-3-1-4-8-19)20-9-5-2-6-10-20/h1-12,21-22,26,29H,13-18H2,(H,34,38,39)/t21-,22-,26?/m1/s1. The maximum absolute atomic E-state index is 15.8. The van der Waals surface area contributed by atoms with E-state index in [9.17, 15) is 19.2 Å². The second kappa shape index (κ2) is 9.92. The Bertz CT molecular complexity index is 1520. The molecule has 0 radical (unpaired) electrons. The zero-order valence-corrected chi connectivity index (χ0v) is 22.3. The molecule has 4 aliphatic rings. The second-order valence-electron chi connectivity index (χ2n) is 11.3. The van der Waals surface area contributed by atoms with Crippen LogP contribution in [-0.4, -0.2) is 69.5 Å². The van der Waals surface area contributed by atoms with Crippen LogP contribution in [0.1, 0.15) is 62.7 Å². The average molecular weight is 553 g/mol. The summed E-state index contributed by atoms with van der Waals surface area (Å²) in [5.74, 6) is -2.48. The lowest BCUT2D eigenvalue weighted by molar-refractivity contribution is -0.136. The highest BCUT2D eigenvalue weighted by Gasteiger charge is 2.49. The minimum absolute atomic E-state index is 0.0447. The van der Waals surface area contributed by atoms with Crippen molar-refractivity contribution in [1.82, 2.24) is 20.0 Å². The lowest BCUT2D eigenvalue weighted by Gasteiger charge is -2.39. The van der Waals surface area contributed by atoms with E-state index in [1.165, 1.54) is 28.2 Å². The molecule has 0 aromatic heterocycles. The lowest BCUT2D eigenvalue weighted by Crippen LogP contribution is -2.52. The van der Waals surface area contributed by atoms with Crippen molar-refractivity contribution in [2.24, 2.45) is 0 Å². The lowest BCUT2D eigenvalue weighted by atomic mass is 9.96. The average Bonchev–Trinajstić information content (AvgIpc) is 3.68. The number of carbonyl (C=O) groups is 4. The minimum Gasteiger partial charge on any atom is -0.333 e. The Labute approximate surface area is 236 Å². The molecule has 3 saturated heterocycles. The number of piperidine rings is 1. The van der Waals surface area contributed by atoms with Gasteiger partial charge in [-0.3, -0.25) is 29.4 Å². The molecule has 0 spiro atoms.